The third kappa shape index (κ3) is 9.19. The lowest BCUT2D eigenvalue weighted by Crippen LogP contribution is -2.52. The molecule has 27 heavy (non-hydrogen) atoms. The molecular weight excluding hydrogens is 369 g/mol. The van der Waals surface area contributed by atoms with Crippen LogP contribution in [0.1, 0.15) is 52.9 Å². The highest BCUT2D eigenvalue weighted by atomic mass is 31.2. The van der Waals surface area contributed by atoms with Crippen molar-refractivity contribution in [3.63, 3.8) is 0 Å². The lowest BCUT2D eigenvalue weighted by molar-refractivity contribution is -0.129. The fraction of sp³-hybridized carbons (Fsp3) is 0.889. The Labute approximate surface area is 162 Å². The van der Waals surface area contributed by atoms with Gasteiger partial charge in [-0.25, -0.2) is 0 Å². The number of rotatable bonds is 10. The third-order valence-electron chi connectivity index (χ3n) is 5.05. The van der Waals surface area contributed by atoms with E-state index in [1.54, 1.807) is 0 Å². The number of hydrogen-bond donors (Lipinski definition) is 5. The Morgan fingerprint density at radius 1 is 1.15 bits per heavy atom. The van der Waals surface area contributed by atoms with Gasteiger partial charge in [0.05, 0.1) is 18.3 Å². The van der Waals surface area contributed by atoms with Gasteiger partial charge in [-0.3, -0.25) is 14.2 Å². The molecule has 0 spiro atoms. The number of carbonyl (C=O) groups excluding carboxylic acids is 2. The maximum atomic E-state index is 12.4. The summed E-state index contributed by atoms with van der Waals surface area (Å²) in [5, 5.41) is 15.1. The number of nitrogens with one attached hydrogen (secondary N) is 2. The van der Waals surface area contributed by atoms with Crippen LogP contribution in [-0.2, 0) is 14.2 Å². The van der Waals surface area contributed by atoms with Crippen LogP contribution in [-0.4, -0.2) is 58.9 Å². The summed E-state index contributed by atoms with van der Waals surface area (Å²) in [5.74, 6) is -0.694. The second kappa shape index (κ2) is 11.1. The first-order valence-electron chi connectivity index (χ1n) is 9.84. The molecule has 4 atom stereocenters. The summed E-state index contributed by atoms with van der Waals surface area (Å²) in [6.45, 7) is 5.01. The fourth-order valence-electron chi connectivity index (χ4n) is 3.29. The Balaban J connectivity index is 2.36. The van der Waals surface area contributed by atoms with E-state index >= 15 is 0 Å². The zero-order chi connectivity index (χ0) is 20.6. The van der Waals surface area contributed by atoms with Crippen molar-refractivity contribution in [3.05, 3.63) is 0 Å². The first-order valence-corrected chi connectivity index (χ1v) is 11.9. The van der Waals surface area contributed by atoms with Gasteiger partial charge in [0.15, 0.2) is 0 Å². The Bertz CT molecular complexity index is 537. The highest BCUT2D eigenvalue weighted by molar-refractivity contribution is 7.58. The number of hydrogen-bond acceptors (Lipinski definition) is 5. The fourth-order valence-corrected chi connectivity index (χ4v) is 5.40. The van der Waals surface area contributed by atoms with Crippen LogP contribution < -0.4 is 16.4 Å². The van der Waals surface area contributed by atoms with E-state index in [-0.39, 0.29) is 30.7 Å². The third-order valence-corrected chi connectivity index (χ3v) is 7.13. The van der Waals surface area contributed by atoms with Gasteiger partial charge in [-0.15, -0.1) is 0 Å². The minimum absolute atomic E-state index is 0.0510. The van der Waals surface area contributed by atoms with Gasteiger partial charge in [-0.05, 0) is 31.6 Å². The van der Waals surface area contributed by atoms with Crippen molar-refractivity contribution in [2.75, 3.05) is 18.9 Å². The van der Waals surface area contributed by atoms with Crippen molar-refractivity contribution in [2.45, 2.75) is 71.1 Å². The summed E-state index contributed by atoms with van der Waals surface area (Å²) in [6.07, 6.45) is 4.19. The summed E-state index contributed by atoms with van der Waals surface area (Å²) in [6, 6.07) is -1.51. The molecule has 1 saturated carbocycles. The Hall–Kier alpha value is -0.950. The molecule has 8 nitrogen and oxygen atoms in total. The Morgan fingerprint density at radius 2 is 1.74 bits per heavy atom. The average molecular weight is 405 g/mol. The highest BCUT2D eigenvalue weighted by Crippen LogP contribution is 2.45. The Kier molecular flexibility index (Phi) is 9.95. The van der Waals surface area contributed by atoms with Gasteiger partial charge in [0.25, 0.3) is 0 Å². The second-order valence-corrected chi connectivity index (χ2v) is 10.5. The normalized spacial score (nSPS) is 21.1. The predicted octanol–water partition coefficient (Wildman–Crippen LogP) is 0.802. The van der Waals surface area contributed by atoms with Gasteiger partial charge >= 0.3 is 0 Å². The van der Waals surface area contributed by atoms with E-state index in [0.29, 0.717) is 0 Å². The molecule has 0 heterocycles. The van der Waals surface area contributed by atoms with Crippen LogP contribution in [0.5, 0.6) is 0 Å². The van der Waals surface area contributed by atoms with Crippen LogP contribution in [0.3, 0.4) is 0 Å². The molecule has 158 valence electrons. The van der Waals surface area contributed by atoms with Crippen molar-refractivity contribution >= 4 is 19.2 Å². The van der Waals surface area contributed by atoms with Crippen LogP contribution in [0.2, 0.25) is 0 Å². The summed E-state index contributed by atoms with van der Waals surface area (Å²) in [4.78, 5) is 34.1. The molecule has 0 aromatic rings. The molecule has 0 radical (unpaired) electrons. The molecule has 1 fully saturated rings. The molecular formula is C18H36N3O5P. The number of aliphatic hydroxyl groups excluding tert-OH is 1. The largest absolute Gasteiger partial charge is 0.391 e. The van der Waals surface area contributed by atoms with Crippen LogP contribution in [0.15, 0.2) is 0 Å². The van der Waals surface area contributed by atoms with Gasteiger partial charge in [0.2, 0.25) is 19.2 Å². The van der Waals surface area contributed by atoms with Crippen LogP contribution in [0.4, 0.5) is 0 Å². The topological polar surface area (TPSA) is 142 Å². The second-order valence-electron chi connectivity index (χ2n) is 8.11. The SMILES string of the molecule is CC(C)[C@H](N)C(=O)N[C@H](C)C(=O)NC[C@@H](O)CP(=O)(O)CC1CCCCC1. The van der Waals surface area contributed by atoms with Gasteiger partial charge in [-0.2, -0.15) is 0 Å². The van der Waals surface area contributed by atoms with E-state index in [9.17, 15) is 24.2 Å². The van der Waals surface area contributed by atoms with Crippen molar-refractivity contribution in [1.29, 1.82) is 0 Å². The quantitative estimate of drug-likeness (QED) is 0.340. The zero-order valence-corrected chi connectivity index (χ0v) is 17.6. The van der Waals surface area contributed by atoms with E-state index in [0.717, 1.165) is 25.7 Å². The zero-order valence-electron chi connectivity index (χ0n) is 16.7. The molecule has 1 aliphatic carbocycles. The molecule has 1 aliphatic rings. The van der Waals surface area contributed by atoms with Gasteiger partial charge in [-0.1, -0.05) is 33.1 Å². The van der Waals surface area contributed by atoms with Gasteiger partial charge < -0.3 is 26.4 Å². The van der Waals surface area contributed by atoms with Crippen LogP contribution >= 0.6 is 7.37 Å². The molecule has 1 unspecified atom stereocenters. The van der Waals surface area contributed by atoms with E-state index in [4.69, 9.17) is 5.73 Å². The molecule has 6 N–H and O–H groups in total. The van der Waals surface area contributed by atoms with Crippen molar-refractivity contribution in [3.8, 4) is 0 Å². The maximum Gasteiger partial charge on any atom is 0.242 e. The standard InChI is InChI=1S/C18H36N3O5P/c1-12(2)16(19)18(24)21-13(3)17(23)20-9-15(22)11-27(25,26)10-14-7-5-4-6-8-14/h12-16,22H,4-11,19H2,1-3H3,(H,20,23)(H,21,24)(H,25,26)/t13-,15-,16+/m1/s1. The Morgan fingerprint density at radius 3 is 2.30 bits per heavy atom. The van der Waals surface area contributed by atoms with Crippen molar-refractivity contribution in [2.24, 2.45) is 17.6 Å². The molecule has 0 aliphatic heterocycles. The number of carbonyl (C=O) groups is 2. The van der Waals surface area contributed by atoms with Crippen LogP contribution in [0, 0.1) is 11.8 Å². The van der Waals surface area contributed by atoms with Gasteiger partial charge in [0.1, 0.15) is 6.04 Å². The minimum Gasteiger partial charge on any atom is -0.391 e. The van der Waals surface area contributed by atoms with Crippen LogP contribution in [0.25, 0.3) is 0 Å². The summed E-state index contributed by atoms with van der Waals surface area (Å²) in [5.41, 5.74) is 5.73. The summed E-state index contributed by atoms with van der Waals surface area (Å²) in [7, 11) is -3.44. The van der Waals surface area contributed by atoms with E-state index in [2.05, 4.69) is 10.6 Å². The molecule has 0 aromatic carbocycles. The number of nitrogens with two attached hydrogens (primary N) is 1. The monoisotopic (exact) mass is 405 g/mol. The van der Waals surface area contributed by atoms with E-state index in [1.807, 2.05) is 13.8 Å². The maximum absolute atomic E-state index is 12.4. The first-order chi connectivity index (χ1) is 12.5. The predicted molar refractivity (Wildman–Crippen MR) is 106 cm³/mol. The van der Waals surface area contributed by atoms with Crippen molar-refractivity contribution < 1.29 is 24.2 Å². The molecule has 0 bridgehead atoms. The minimum atomic E-state index is -3.44. The van der Waals surface area contributed by atoms with E-state index in [1.165, 1.54) is 13.3 Å². The van der Waals surface area contributed by atoms with E-state index < -0.39 is 37.4 Å². The summed E-state index contributed by atoms with van der Waals surface area (Å²) < 4.78 is 12.4. The molecule has 0 saturated heterocycles. The molecule has 0 aromatic heterocycles. The first kappa shape index (κ1) is 24.1. The average Bonchev–Trinajstić information content (AvgIpc) is 2.58. The van der Waals surface area contributed by atoms with Crippen molar-refractivity contribution in [1.82, 2.24) is 10.6 Å². The number of amides is 2. The lowest BCUT2D eigenvalue weighted by Gasteiger charge is -2.25. The van der Waals surface area contributed by atoms with Gasteiger partial charge in [0, 0.05) is 12.7 Å². The highest BCUT2D eigenvalue weighted by Gasteiger charge is 2.29. The lowest BCUT2D eigenvalue weighted by atomic mass is 9.91. The summed E-state index contributed by atoms with van der Waals surface area (Å²) >= 11 is 0. The smallest absolute Gasteiger partial charge is 0.242 e. The number of aliphatic hydroxyl groups is 1. The molecule has 2 amide bonds. The molecule has 9 heteroatoms. The molecule has 1 rings (SSSR count).